The zero-order chi connectivity index (χ0) is 17.0. The number of nitrogens with one attached hydrogen (secondary N) is 1. The molecule has 0 fully saturated rings. The molecule has 0 aromatic carbocycles. The van der Waals surface area contributed by atoms with Crippen molar-refractivity contribution in [2.45, 2.75) is 33.9 Å². The SMILES string of the molecule is COc1ccc(CNC(=O)c2c(C)nn(CC(C)C)c2Cl)cn1. The Morgan fingerprint density at radius 2 is 2.17 bits per heavy atom. The molecule has 23 heavy (non-hydrogen) atoms. The number of carbonyl (C=O) groups excluding carboxylic acids is 1. The molecule has 0 bridgehead atoms. The summed E-state index contributed by atoms with van der Waals surface area (Å²) in [6.45, 7) is 6.97. The lowest BCUT2D eigenvalue weighted by molar-refractivity contribution is 0.0950. The normalized spacial score (nSPS) is 10.9. The molecule has 0 spiro atoms. The summed E-state index contributed by atoms with van der Waals surface area (Å²) < 4.78 is 6.68. The highest BCUT2D eigenvalue weighted by Crippen LogP contribution is 2.21. The van der Waals surface area contributed by atoms with Crippen molar-refractivity contribution in [1.29, 1.82) is 0 Å². The van der Waals surface area contributed by atoms with E-state index in [9.17, 15) is 4.79 Å². The summed E-state index contributed by atoms with van der Waals surface area (Å²) in [5, 5.41) is 7.56. The van der Waals surface area contributed by atoms with Crippen molar-refractivity contribution in [3.63, 3.8) is 0 Å². The van der Waals surface area contributed by atoms with Gasteiger partial charge in [-0.15, -0.1) is 0 Å². The van der Waals surface area contributed by atoms with Gasteiger partial charge >= 0.3 is 0 Å². The van der Waals surface area contributed by atoms with E-state index in [4.69, 9.17) is 16.3 Å². The topological polar surface area (TPSA) is 69.0 Å². The summed E-state index contributed by atoms with van der Waals surface area (Å²) in [5.74, 6) is 0.695. The zero-order valence-electron chi connectivity index (χ0n) is 13.8. The number of ether oxygens (including phenoxy) is 1. The van der Waals surface area contributed by atoms with Crippen molar-refractivity contribution in [2.75, 3.05) is 7.11 Å². The van der Waals surface area contributed by atoms with Gasteiger partial charge in [0.05, 0.1) is 18.4 Å². The third-order valence-electron chi connectivity index (χ3n) is 3.29. The standard InChI is InChI=1S/C16H21ClN4O2/c1-10(2)9-21-15(17)14(11(3)20-21)16(22)19-8-12-5-6-13(23-4)18-7-12/h5-7,10H,8-9H2,1-4H3,(H,19,22). The van der Waals surface area contributed by atoms with Gasteiger partial charge in [0.1, 0.15) is 5.15 Å². The van der Waals surface area contributed by atoms with Crippen LogP contribution in [0.5, 0.6) is 5.88 Å². The van der Waals surface area contributed by atoms with Gasteiger partial charge in [-0.1, -0.05) is 31.5 Å². The highest BCUT2D eigenvalue weighted by Gasteiger charge is 2.20. The van der Waals surface area contributed by atoms with Gasteiger partial charge in [-0.05, 0) is 18.4 Å². The second kappa shape index (κ2) is 7.46. The lowest BCUT2D eigenvalue weighted by atomic mass is 10.2. The molecule has 0 saturated heterocycles. The molecule has 7 heteroatoms. The van der Waals surface area contributed by atoms with Crippen LogP contribution >= 0.6 is 11.6 Å². The summed E-state index contributed by atoms with van der Waals surface area (Å²) in [6.07, 6.45) is 1.66. The smallest absolute Gasteiger partial charge is 0.256 e. The fourth-order valence-corrected chi connectivity index (χ4v) is 2.51. The second-order valence-corrected chi connectivity index (χ2v) is 6.08. The Hall–Kier alpha value is -2.08. The van der Waals surface area contributed by atoms with E-state index in [0.717, 1.165) is 5.56 Å². The molecule has 0 aliphatic rings. The molecule has 0 unspecified atom stereocenters. The fraction of sp³-hybridized carbons (Fsp3) is 0.438. The fourth-order valence-electron chi connectivity index (χ4n) is 2.19. The van der Waals surface area contributed by atoms with Crippen LogP contribution in [0, 0.1) is 12.8 Å². The molecule has 2 aromatic heterocycles. The van der Waals surface area contributed by atoms with E-state index >= 15 is 0 Å². The third-order valence-corrected chi connectivity index (χ3v) is 3.67. The van der Waals surface area contributed by atoms with Crippen molar-refractivity contribution in [2.24, 2.45) is 5.92 Å². The molecule has 1 amide bonds. The average Bonchev–Trinajstić information content (AvgIpc) is 2.79. The molecule has 0 aliphatic heterocycles. The molecule has 2 aromatic rings. The molecule has 2 heterocycles. The number of aromatic nitrogens is 3. The van der Waals surface area contributed by atoms with Crippen molar-refractivity contribution >= 4 is 17.5 Å². The molecule has 0 atom stereocenters. The summed E-state index contributed by atoms with van der Waals surface area (Å²) in [4.78, 5) is 16.5. The summed E-state index contributed by atoms with van der Waals surface area (Å²) >= 11 is 6.30. The first kappa shape index (κ1) is 17.3. The van der Waals surface area contributed by atoms with Crippen molar-refractivity contribution in [1.82, 2.24) is 20.1 Å². The van der Waals surface area contributed by atoms with E-state index in [1.807, 2.05) is 6.07 Å². The van der Waals surface area contributed by atoms with Crippen LogP contribution in [0.1, 0.15) is 35.5 Å². The molecule has 1 N–H and O–H groups in total. The average molecular weight is 337 g/mol. The molecule has 0 aliphatic carbocycles. The molecule has 6 nitrogen and oxygen atoms in total. The van der Waals surface area contributed by atoms with E-state index in [1.54, 1.807) is 31.0 Å². The van der Waals surface area contributed by atoms with Crippen LogP contribution in [-0.2, 0) is 13.1 Å². The number of aryl methyl sites for hydroxylation is 1. The van der Waals surface area contributed by atoms with E-state index in [2.05, 4.69) is 29.2 Å². The largest absolute Gasteiger partial charge is 0.481 e. The zero-order valence-corrected chi connectivity index (χ0v) is 14.5. The molecule has 0 saturated carbocycles. The number of nitrogens with zero attached hydrogens (tertiary/aromatic N) is 3. The minimum atomic E-state index is -0.238. The molecule has 0 radical (unpaired) electrons. The maximum absolute atomic E-state index is 12.4. The first-order valence-electron chi connectivity index (χ1n) is 7.42. The van der Waals surface area contributed by atoms with Crippen LogP contribution in [0.2, 0.25) is 5.15 Å². The van der Waals surface area contributed by atoms with Crippen molar-refractivity contribution in [3.8, 4) is 5.88 Å². The molecule has 2 rings (SSSR count). The first-order chi connectivity index (χ1) is 10.9. The lowest BCUT2D eigenvalue weighted by Gasteiger charge is -2.07. The second-order valence-electron chi connectivity index (χ2n) is 5.72. The quantitative estimate of drug-likeness (QED) is 0.880. The maximum Gasteiger partial charge on any atom is 0.256 e. The number of pyridine rings is 1. The Balaban J connectivity index is 2.06. The monoisotopic (exact) mass is 336 g/mol. The number of amides is 1. The van der Waals surface area contributed by atoms with E-state index in [0.29, 0.717) is 41.3 Å². The maximum atomic E-state index is 12.4. The van der Waals surface area contributed by atoms with Gasteiger partial charge in [0.15, 0.2) is 0 Å². The minimum absolute atomic E-state index is 0.238. The van der Waals surface area contributed by atoms with Crippen molar-refractivity contribution in [3.05, 3.63) is 40.3 Å². The molecule has 124 valence electrons. The number of rotatable bonds is 6. The van der Waals surface area contributed by atoms with Gasteiger partial charge in [-0.3, -0.25) is 9.48 Å². The Morgan fingerprint density at radius 1 is 1.43 bits per heavy atom. The number of hydrogen-bond donors (Lipinski definition) is 1. The van der Waals surface area contributed by atoms with Crippen LogP contribution in [-0.4, -0.2) is 27.8 Å². The first-order valence-corrected chi connectivity index (χ1v) is 7.80. The highest BCUT2D eigenvalue weighted by molar-refractivity contribution is 6.33. The molecular weight excluding hydrogens is 316 g/mol. The van der Waals surface area contributed by atoms with Crippen LogP contribution < -0.4 is 10.1 Å². The van der Waals surface area contributed by atoms with Gasteiger partial charge in [0.25, 0.3) is 5.91 Å². The number of halogens is 1. The van der Waals surface area contributed by atoms with Gasteiger partial charge in [-0.25, -0.2) is 4.98 Å². The van der Waals surface area contributed by atoms with Gasteiger partial charge in [0.2, 0.25) is 5.88 Å². The van der Waals surface area contributed by atoms with E-state index < -0.39 is 0 Å². The lowest BCUT2D eigenvalue weighted by Crippen LogP contribution is -2.23. The van der Waals surface area contributed by atoms with Gasteiger partial charge < -0.3 is 10.1 Å². The van der Waals surface area contributed by atoms with Gasteiger partial charge in [0, 0.05) is 25.4 Å². The van der Waals surface area contributed by atoms with E-state index in [1.165, 1.54) is 0 Å². The predicted octanol–water partition coefficient (Wildman–Crippen LogP) is 2.83. The number of methoxy groups -OCH3 is 1. The third kappa shape index (κ3) is 4.22. The molecular formula is C16H21ClN4O2. The van der Waals surface area contributed by atoms with Crippen LogP contribution in [0.4, 0.5) is 0 Å². The number of carbonyl (C=O) groups is 1. The van der Waals surface area contributed by atoms with Crippen LogP contribution in [0.15, 0.2) is 18.3 Å². The van der Waals surface area contributed by atoms with Crippen LogP contribution in [0.3, 0.4) is 0 Å². The Bertz CT molecular complexity index is 680. The van der Waals surface area contributed by atoms with Gasteiger partial charge in [-0.2, -0.15) is 5.10 Å². The van der Waals surface area contributed by atoms with E-state index in [-0.39, 0.29) is 5.91 Å². The minimum Gasteiger partial charge on any atom is -0.481 e. The number of hydrogen-bond acceptors (Lipinski definition) is 4. The van der Waals surface area contributed by atoms with Crippen LogP contribution in [0.25, 0.3) is 0 Å². The Labute approximate surface area is 140 Å². The summed E-state index contributed by atoms with van der Waals surface area (Å²) in [7, 11) is 1.56. The summed E-state index contributed by atoms with van der Waals surface area (Å²) in [6, 6.07) is 3.60. The Morgan fingerprint density at radius 3 is 2.74 bits per heavy atom. The predicted molar refractivity (Wildman–Crippen MR) is 88.8 cm³/mol. The highest BCUT2D eigenvalue weighted by atomic mass is 35.5. The summed E-state index contributed by atoms with van der Waals surface area (Å²) in [5.41, 5.74) is 1.93. The Kier molecular flexibility index (Phi) is 5.60. The van der Waals surface area contributed by atoms with Crippen molar-refractivity contribution < 1.29 is 9.53 Å².